The average molecular weight is 338 g/mol. The summed E-state index contributed by atoms with van der Waals surface area (Å²) in [7, 11) is 0. The third-order valence-corrected chi connectivity index (χ3v) is 3.90. The summed E-state index contributed by atoms with van der Waals surface area (Å²) in [4.78, 5) is 0. The maximum Gasteiger partial charge on any atom is 0.123 e. The van der Waals surface area contributed by atoms with E-state index in [4.69, 9.17) is 0 Å². The Balaban J connectivity index is 1.90. The molecular formula is C16H17BrFNO. The van der Waals surface area contributed by atoms with Crippen LogP contribution in [-0.4, -0.2) is 11.1 Å². The third-order valence-electron chi connectivity index (χ3n) is 3.13. The molecular weight excluding hydrogens is 321 g/mol. The highest BCUT2D eigenvalue weighted by Crippen LogP contribution is 2.18. The molecule has 0 aliphatic carbocycles. The predicted octanol–water partition coefficient (Wildman–Crippen LogP) is 4.01. The lowest BCUT2D eigenvalue weighted by Crippen LogP contribution is -2.27. The molecule has 0 saturated carbocycles. The monoisotopic (exact) mass is 337 g/mol. The largest absolute Gasteiger partial charge is 0.508 e. The summed E-state index contributed by atoms with van der Waals surface area (Å²) in [6, 6.07) is 12.1. The Labute approximate surface area is 126 Å². The first kappa shape index (κ1) is 15.0. The SMILES string of the molecule is CC(Cc1ccc(O)cc1)NCc1cc(F)ccc1Br. The van der Waals surface area contributed by atoms with Gasteiger partial charge in [0.15, 0.2) is 0 Å². The molecule has 0 aliphatic rings. The van der Waals surface area contributed by atoms with Crippen LogP contribution in [0.25, 0.3) is 0 Å². The number of phenols is 1. The molecule has 20 heavy (non-hydrogen) atoms. The molecule has 1 unspecified atom stereocenters. The van der Waals surface area contributed by atoms with Gasteiger partial charge >= 0.3 is 0 Å². The Bertz CT molecular complexity index is 571. The van der Waals surface area contributed by atoms with Crippen LogP contribution in [0.15, 0.2) is 46.9 Å². The number of halogens is 2. The van der Waals surface area contributed by atoms with E-state index in [-0.39, 0.29) is 17.6 Å². The zero-order valence-electron chi connectivity index (χ0n) is 11.2. The average Bonchev–Trinajstić information content (AvgIpc) is 2.42. The first-order chi connectivity index (χ1) is 9.54. The number of aromatic hydroxyl groups is 1. The van der Waals surface area contributed by atoms with Gasteiger partial charge in [0.1, 0.15) is 11.6 Å². The van der Waals surface area contributed by atoms with E-state index in [0.717, 1.165) is 22.0 Å². The van der Waals surface area contributed by atoms with Crippen LogP contribution < -0.4 is 5.32 Å². The summed E-state index contributed by atoms with van der Waals surface area (Å²) in [6.45, 7) is 2.69. The van der Waals surface area contributed by atoms with Crippen LogP contribution in [0.1, 0.15) is 18.1 Å². The molecule has 4 heteroatoms. The van der Waals surface area contributed by atoms with Gasteiger partial charge in [0, 0.05) is 17.1 Å². The van der Waals surface area contributed by atoms with E-state index < -0.39 is 0 Å². The van der Waals surface area contributed by atoms with Crippen molar-refractivity contribution in [2.75, 3.05) is 0 Å². The fourth-order valence-corrected chi connectivity index (χ4v) is 2.41. The summed E-state index contributed by atoms with van der Waals surface area (Å²) in [5, 5.41) is 12.6. The lowest BCUT2D eigenvalue weighted by Gasteiger charge is -2.15. The number of hydrogen-bond acceptors (Lipinski definition) is 2. The number of nitrogens with one attached hydrogen (secondary N) is 1. The Hall–Kier alpha value is -1.39. The van der Waals surface area contributed by atoms with Crippen LogP contribution in [0.4, 0.5) is 4.39 Å². The standard InChI is InChI=1S/C16H17BrFNO/c1-11(8-12-2-5-15(20)6-3-12)19-10-13-9-14(18)4-7-16(13)17/h2-7,9,11,19-20H,8,10H2,1H3. The molecule has 0 aromatic heterocycles. The van der Waals surface area contributed by atoms with Crippen molar-refractivity contribution in [2.24, 2.45) is 0 Å². The quantitative estimate of drug-likeness (QED) is 0.863. The summed E-state index contributed by atoms with van der Waals surface area (Å²) < 4.78 is 14.1. The van der Waals surface area contributed by atoms with Crippen molar-refractivity contribution >= 4 is 15.9 Å². The molecule has 0 amide bonds. The Kier molecular flexibility index (Phi) is 5.15. The lowest BCUT2D eigenvalue weighted by atomic mass is 10.1. The van der Waals surface area contributed by atoms with Gasteiger partial charge in [-0.1, -0.05) is 28.1 Å². The van der Waals surface area contributed by atoms with Crippen LogP contribution in [0.3, 0.4) is 0 Å². The molecule has 2 rings (SSSR count). The van der Waals surface area contributed by atoms with Crippen molar-refractivity contribution in [2.45, 2.75) is 25.9 Å². The van der Waals surface area contributed by atoms with Gasteiger partial charge in [-0.25, -0.2) is 4.39 Å². The van der Waals surface area contributed by atoms with Crippen molar-refractivity contribution in [1.29, 1.82) is 0 Å². The number of hydrogen-bond donors (Lipinski definition) is 2. The van der Waals surface area contributed by atoms with Gasteiger partial charge in [-0.05, 0) is 54.8 Å². The third kappa shape index (κ3) is 4.32. The molecule has 0 spiro atoms. The van der Waals surface area contributed by atoms with Gasteiger partial charge in [0.25, 0.3) is 0 Å². The van der Waals surface area contributed by atoms with Crippen LogP contribution in [-0.2, 0) is 13.0 Å². The van der Waals surface area contributed by atoms with E-state index in [0.29, 0.717) is 6.54 Å². The van der Waals surface area contributed by atoms with Crippen LogP contribution >= 0.6 is 15.9 Å². The van der Waals surface area contributed by atoms with Crippen molar-refractivity contribution < 1.29 is 9.50 Å². The highest BCUT2D eigenvalue weighted by atomic mass is 79.9. The second-order valence-corrected chi connectivity index (χ2v) is 5.74. The topological polar surface area (TPSA) is 32.3 Å². The molecule has 2 aromatic rings. The zero-order valence-corrected chi connectivity index (χ0v) is 12.8. The van der Waals surface area contributed by atoms with E-state index in [1.54, 1.807) is 18.2 Å². The molecule has 2 N–H and O–H groups in total. The zero-order chi connectivity index (χ0) is 14.5. The maximum absolute atomic E-state index is 13.2. The van der Waals surface area contributed by atoms with Crippen molar-refractivity contribution in [3.8, 4) is 5.75 Å². The molecule has 0 saturated heterocycles. The van der Waals surface area contributed by atoms with Crippen molar-refractivity contribution in [3.05, 3.63) is 63.9 Å². The molecule has 2 aromatic carbocycles. The molecule has 106 valence electrons. The Morgan fingerprint density at radius 2 is 1.90 bits per heavy atom. The molecule has 0 radical (unpaired) electrons. The Morgan fingerprint density at radius 3 is 2.60 bits per heavy atom. The van der Waals surface area contributed by atoms with Gasteiger partial charge in [0.05, 0.1) is 0 Å². The van der Waals surface area contributed by atoms with Crippen molar-refractivity contribution in [3.63, 3.8) is 0 Å². The van der Waals surface area contributed by atoms with Crippen LogP contribution in [0.2, 0.25) is 0 Å². The van der Waals surface area contributed by atoms with Gasteiger partial charge in [0.2, 0.25) is 0 Å². The smallest absolute Gasteiger partial charge is 0.123 e. The van der Waals surface area contributed by atoms with Gasteiger partial charge in [-0.3, -0.25) is 0 Å². The second kappa shape index (κ2) is 6.86. The molecule has 0 bridgehead atoms. The first-order valence-corrected chi connectivity index (χ1v) is 7.29. The summed E-state index contributed by atoms with van der Waals surface area (Å²) in [6.07, 6.45) is 0.854. The number of phenolic OH excluding ortho intramolecular Hbond substituents is 1. The molecule has 2 nitrogen and oxygen atoms in total. The van der Waals surface area contributed by atoms with Crippen LogP contribution in [0, 0.1) is 5.82 Å². The normalized spacial score (nSPS) is 12.3. The van der Waals surface area contributed by atoms with E-state index >= 15 is 0 Å². The summed E-state index contributed by atoms with van der Waals surface area (Å²) >= 11 is 3.42. The second-order valence-electron chi connectivity index (χ2n) is 4.89. The lowest BCUT2D eigenvalue weighted by molar-refractivity contribution is 0.474. The summed E-state index contributed by atoms with van der Waals surface area (Å²) in [5.41, 5.74) is 2.06. The molecule has 0 fully saturated rings. The Morgan fingerprint density at radius 1 is 1.20 bits per heavy atom. The highest BCUT2D eigenvalue weighted by Gasteiger charge is 2.06. The van der Waals surface area contributed by atoms with Gasteiger partial charge < -0.3 is 10.4 Å². The molecule has 0 aliphatic heterocycles. The van der Waals surface area contributed by atoms with E-state index in [1.807, 2.05) is 12.1 Å². The fraction of sp³-hybridized carbons (Fsp3) is 0.250. The fourth-order valence-electron chi connectivity index (χ4n) is 2.02. The van der Waals surface area contributed by atoms with Crippen molar-refractivity contribution in [1.82, 2.24) is 5.32 Å². The van der Waals surface area contributed by atoms with E-state index in [9.17, 15) is 9.50 Å². The van der Waals surface area contributed by atoms with E-state index in [1.165, 1.54) is 12.1 Å². The van der Waals surface area contributed by atoms with E-state index in [2.05, 4.69) is 28.2 Å². The minimum Gasteiger partial charge on any atom is -0.508 e. The summed E-state index contributed by atoms with van der Waals surface area (Å²) in [5.74, 6) is 0.0502. The highest BCUT2D eigenvalue weighted by molar-refractivity contribution is 9.10. The van der Waals surface area contributed by atoms with Gasteiger partial charge in [-0.15, -0.1) is 0 Å². The predicted molar refractivity (Wildman–Crippen MR) is 82.2 cm³/mol. The minimum absolute atomic E-state index is 0.226. The maximum atomic E-state index is 13.2. The molecule has 0 heterocycles. The minimum atomic E-state index is -0.226. The first-order valence-electron chi connectivity index (χ1n) is 6.50. The van der Waals surface area contributed by atoms with Crippen LogP contribution in [0.5, 0.6) is 5.75 Å². The number of rotatable bonds is 5. The van der Waals surface area contributed by atoms with Gasteiger partial charge in [-0.2, -0.15) is 0 Å². The molecule has 1 atom stereocenters. The number of benzene rings is 2.